The number of nitrogens with two attached hydrogens (primary N) is 1. The first-order valence-electron chi connectivity index (χ1n) is 9.22. The van der Waals surface area contributed by atoms with E-state index < -0.39 is 15.3 Å². The van der Waals surface area contributed by atoms with Crippen molar-refractivity contribution < 1.29 is 17.6 Å². The lowest BCUT2D eigenvalue weighted by atomic mass is 10.2. The molecule has 0 aliphatic heterocycles. The molecule has 2 aromatic heterocycles. The highest BCUT2D eigenvalue weighted by Crippen LogP contribution is 2.28. The molecule has 0 aliphatic rings. The van der Waals surface area contributed by atoms with Crippen molar-refractivity contribution in [2.45, 2.75) is 42.6 Å². The van der Waals surface area contributed by atoms with Gasteiger partial charge in [0.25, 0.3) is 0 Å². The average Bonchev–Trinajstić information content (AvgIpc) is 3.31. The second-order valence-corrected chi connectivity index (χ2v) is 9.98. The minimum Gasteiger partial charge on any atom is -0.461 e. The van der Waals surface area contributed by atoms with E-state index in [0.717, 1.165) is 0 Å². The molecule has 11 heteroatoms. The van der Waals surface area contributed by atoms with Gasteiger partial charge in [-0.1, -0.05) is 25.6 Å². The van der Waals surface area contributed by atoms with Crippen LogP contribution in [-0.4, -0.2) is 34.3 Å². The summed E-state index contributed by atoms with van der Waals surface area (Å²) in [4.78, 5) is 12.6. The van der Waals surface area contributed by atoms with Crippen molar-refractivity contribution in [1.29, 1.82) is 0 Å². The van der Waals surface area contributed by atoms with Gasteiger partial charge in [-0.05, 0) is 49.2 Å². The molecule has 0 spiro atoms. The summed E-state index contributed by atoms with van der Waals surface area (Å²) in [5, 5.41) is 16.5. The van der Waals surface area contributed by atoms with Crippen LogP contribution in [0.2, 0.25) is 0 Å². The lowest BCUT2D eigenvalue weighted by Gasteiger charge is -2.14. The summed E-state index contributed by atoms with van der Waals surface area (Å²) in [5.74, 6) is 1.32. The molecule has 1 unspecified atom stereocenters. The number of aromatic nitrogens is 3. The van der Waals surface area contributed by atoms with E-state index in [2.05, 4.69) is 29.4 Å². The van der Waals surface area contributed by atoms with Crippen LogP contribution in [0.3, 0.4) is 0 Å². The number of anilines is 1. The Kier molecular flexibility index (Phi) is 6.64. The molecule has 3 rings (SSSR count). The van der Waals surface area contributed by atoms with Crippen LogP contribution >= 0.6 is 11.8 Å². The fourth-order valence-corrected chi connectivity index (χ4v) is 4.05. The molecule has 9 nitrogen and oxygen atoms in total. The number of carbonyl (C=O) groups excluding carboxylic acids is 1. The van der Waals surface area contributed by atoms with Gasteiger partial charge in [-0.15, -0.1) is 10.2 Å². The van der Waals surface area contributed by atoms with Gasteiger partial charge in [0.05, 0.1) is 16.4 Å². The van der Waals surface area contributed by atoms with E-state index in [4.69, 9.17) is 9.56 Å². The van der Waals surface area contributed by atoms with Crippen LogP contribution in [0.25, 0.3) is 11.6 Å². The number of hydrogen-bond donors (Lipinski definition) is 2. The molecular weight excluding hydrogens is 426 g/mol. The van der Waals surface area contributed by atoms with Crippen LogP contribution in [0.1, 0.15) is 20.8 Å². The zero-order valence-corrected chi connectivity index (χ0v) is 18.4. The molecule has 2 heterocycles. The Hall–Kier alpha value is -2.63. The van der Waals surface area contributed by atoms with Gasteiger partial charge in [0, 0.05) is 12.2 Å². The van der Waals surface area contributed by atoms with Crippen LogP contribution in [0.5, 0.6) is 0 Å². The highest BCUT2D eigenvalue weighted by atomic mass is 32.2. The SMILES string of the molecule is CC(C)Cn1c(SC(C)C(=O)Nc2ccc(S(N)(=O)=O)cc2)nnc1-c1ccco1. The van der Waals surface area contributed by atoms with Gasteiger partial charge in [-0.25, -0.2) is 13.6 Å². The van der Waals surface area contributed by atoms with Crippen molar-refractivity contribution in [3.05, 3.63) is 42.7 Å². The number of sulfonamides is 1. The Morgan fingerprint density at radius 1 is 1.20 bits per heavy atom. The third-order valence-electron chi connectivity index (χ3n) is 4.11. The highest BCUT2D eigenvalue weighted by molar-refractivity contribution is 8.00. The minimum atomic E-state index is -3.78. The number of primary sulfonamides is 1. The summed E-state index contributed by atoms with van der Waals surface area (Å²) in [6.45, 7) is 6.61. The fourth-order valence-electron chi connectivity index (χ4n) is 2.68. The van der Waals surface area contributed by atoms with Crippen LogP contribution in [-0.2, 0) is 21.4 Å². The van der Waals surface area contributed by atoms with Gasteiger partial charge in [-0.2, -0.15) is 0 Å². The van der Waals surface area contributed by atoms with E-state index >= 15 is 0 Å². The van der Waals surface area contributed by atoms with E-state index in [-0.39, 0.29) is 10.8 Å². The number of hydrogen-bond acceptors (Lipinski definition) is 7. The maximum atomic E-state index is 12.6. The molecule has 30 heavy (non-hydrogen) atoms. The van der Waals surface area contributed by atoms with Gasteiger partial charge in [-0.3, -0.25) is 9.36 Å². The van der Waals surface area contributed by atoms with Crippen molar-refractivity contribution in [3.8, 4) is 11.6 Å². The lowest BCUT2D eigenvalue weighted by molar-refractivity contribution is -0.115. The first kappa shape index (κ1) is 22.1. The van der Waals surface area contributed by atoms with Gasteiger partial charge >= 0.3 is 0 Å². The normalized spacial score (nSPS) is 12.8. The Morgan fingerprint density at radius 2 is 1.90 bits per heavy atom. The second-order valence-electron chi connectivity index (χ2n) is 7.11. The molecule has 1 atom stereocenters. The molecule has 3 N–H and O–H groups in total. The minimum absolute atomic E-state index is 0.0184. The summed E-state index contributed by atoms with van der Waals surface area (Å²) < 4.78 is 30.1. The Morgan fingerprint density at radius 3 is 2.47 bits per heavy atom. The predicted octanol–water partition coefficient (Wildman–Crippen LogP) is 2.96. The maximum absolute atomic E-state index is 12.6. The number of carbonyl (C=O) groups is 1. The zero-order chi connectivity index (χ0) is 21.9. The molecule has 0 bridgehead atoms. The fraction of sp³-hybridized carbons (Fsp3) is 0.316. The van der Waals surface area contributed by atoms with E-state index in [0.29, 0.717) is 34.9 Å². The van der Waals surface area contributed by atoms with E-state index in [1.807, 2.05) is 10.6 Å². The number of nitrogens with zero attached hydrogens (tertiary/aromatic N) is 3. The smallest absolute Gasteiger partial charge is 0.238 e. The number of benzene rings is 1. The summed E-state index contributed by atoms with van der Waals surface area (Å²) in [6.07, 6.45) is 1.58. The first-order valence-corrected chi connectivity index (χ1v) is 11.6. The molecule has 1 amide bonds. The summed E-state index contributed by atoms with van der Waals surface area (Å²) >= 11 is 1.28. The summed E-state index contributed by atoms with van der Waals surface area (Å²) in [5.41, 5.74) is 0.472. The van der Waals surface area contributed by atoms with Crippen LogP contribution in [0, 0.1) is 5.92 Å². The molecule has 0 fully saturated rings. The van der Waals surface area contributed by atoms with Gasteiger partial charge in [0.2, 0.25) is 15.9 Å². The number of nitrogens with one attached hydrogen (secondary N) is 1. The number of furan rings is 1. The van der Waals surface area contributed by atoms with Crippen LogP contribution in [0.4, 0.5) is 5.69 Å². The lowest BCUT2D eigenvalue weighted by Crippen LogP contribution is -2.23. The van der Waals surface area contributed by atoms with E-state index in [1.54, 1.807) is 19.3 Å². The molecular formula is C19H23N5O4S2. The van der Waals surface area contributed by atoms with Crippen molar-refractivity contribution >= 4 is 33.4 Å². The van der Waals surface area contributed by atoms with Crippen molar-refractivity contribution in [2.24, 2.45) is 11.1 Å². The van der Waals surface area contributed by atoms with Crippen LogP contribution < -0.4 is 10.5 Å². The molecule has 160 valence electrons. The molecule has 0 saturated carbocycles. The van der Waals surface area contributed by atoms with Crippen molar-refractivity contribution in [3.63, 3.8) is 0 Å². The van der Waals surface area contributed by atoms with Gasteiger partial charge in [0.15, 0.2) is 16.7 Å². The average molecular weight is 450 g/mol. The quantitative estimate of drug-likeness (QED) is 0.505. The molecule has 3 aromatic rings. The number of amides is 1. The van der Waals surface area contributed by atoms with Crippen molar-refractivity contribution in [1.82, 2.24) is 14.8 Å². The number of rotatable bonds is 8. The highest BCUT2D eigenvalue weighted by Gasteiger charge is 2.22. The monoisotopic (exact) mass is 449 g/mol. The second kappa shape index (κ2) is 9.02. The summed E-state index contributed by atoms with van der Waals surface area (Å²) in [6, 6.07) is 9.27. The van der Waals surface area contributed by atoms with Gasteiger partial charge in [0.1, 0.15) is 0 Å². The third kappa shape index (κ3) is 5.29. The Labute approximate surface area is 179 Å². The topological polar surface area (TPSA) is 133 Å². The summed E-state index contributed by atoms with van der Waals surface area (Å²) in [7, 11) is -3.78. The molecule has 0 saturated heterocycles. The van der Waals surface area contributed by atoms with Crippen LogP contribution in [0.15, 0.2) is 57.1 Å². The predicted molar refractivity (Wildman–Crippen MR) is 114 cm³/mol. The molecule has 0 aliphatic carbocycles. The Balaban J connectivity index is 1.73. The first-order chi connectivity index (χ1) is 14.1. The zero-order valence-electron chi connectivity index (χ0n) is 16.8. The standard InChI is InChI=1S/C19H23N5O4S2/c1-12(2)11-24-17(16-5-4-10-28-16)22-23-19(24)29-13(3)18(25)21-14-6-8-15(9-7-14)30(20,26)27/h4-10,12-13H,11H2,1-3H3,(H,21,25)(H2,20,26,27). The third-order valence-corrected chi connectivity index (χ3v) is 6.12. The van der Waals surface area contributed by atoms with Crippen molar-refractivity contribution in [2.75, 3.05) is 5.32 Å². The number of thioether (sulfide) groups is 1. The Bertz CT molecular complexity index is 1110. The largest absolute Gasteiger partial charge is 0.461 e. The van der Waals surface area contributed by atoms with E-state index in [1.165, 1.54) is 36.0 Å². The van der Waals surface area contributed by atoms with Gasteiger partial charge < -0.3 is 9.73 Å². The van der Waals surface area contributed by atoms with E-state index in [9.17, 15) is 13.2 Å². The maximum Gasteiger partial charge on any atom is 0.238 e. The molecule has 1 aromatic carbocycles. The molecule has 0 radical (unpaired) electrons.